The lowest BCUT2D eigenvalue weighted by Gasteiger charge is -2.28. The number of rotatable bonds is 3. The Labute approximate surface area is 167 Å². The second kappa shape index (κ2) is 5.66. The molecule has 2 saturated heterocycles. The quantitative estimate of drug-likeness (QED) is 0.625. The molecule has 2 atom stereocenters. The third kappa shape index (κ3) is 2.43. The summed E-state index contributed by atoms with van der Waals surface area (Å²) in [6.07, 6.45) is 4.74. The van der Waals surface area contributed by atoms with Crippen LogP contribution in [0.5, 0.6) is 0 Å². The van der Waals surface area contributed by atoms with E-state index in [1.54, 1.807) is 10.7 Å². The Hall–Kier alpha value is -3.20. The normalized spacial score (nSPS) is 24.2. The summed E-state index contributed by atoms with van der Waals surface area (Å²) in [6.45, 7) is 5.80. The van der Waals surface area contributed by atoms with Gasteiger partial charge in [-0.25, -0.2) is 9.50 Å². The van der Waals surface area contributed by atoms with Crippen molar-refractivity contribution in [3.05, 3.63) is 36.2 Å². The average molecular weight is 390 g/mol. The second-order valence-electron chi connectivity index (χ2n) is 8.57. The zero-order valence-corrected chi connectivity index (χ0v) is 16.3. The van der Waals surface area contributed by atoms with Crippen LogP contribution in [0, 0.1) is 0 Å². The number of anilines is 4. The SMILES string of the molecule is CC1(C)C(=O)Nc2cc(Nc3nc4c(N5C[C@@H]6C[C@H]5CN6)nccn4n3)ccc21. The predicted molar refractivity (Wildman–Crippen MR) is 110 cm³/mol. The molecule has 0 aliphatic carbocycles. The van der Waals surface area contributed by atoms with Crippen LogP contribution in [0.1, 0.15) is 25.8 Å². The van der Waals surface area contributed by atoms with E-state index in [2.05, 4.69) is 30.9 Å². The molecule has 0 unspecified atom stereocenters. The highest BCUT2D eigenvalue weighted by molar-refractivity contribution is 6.06. The van der Waals surface area contributed by atoms with E-state index in [0.29, 0.717) is 18.0 Å². The van der Waals surface area contributed by atoms with E-state index in [1.807, 2.05) is 38.2 Å². The topological polar surface area (TPSA) is 99.5 Å². The van der Waals surface area contributed by atoms with Gasteiger partial charge in [0.05, 0.1) is 5.41 Å². The number of aromatic nitrogens is 4. The van der Waals surface area contributed by atoms with Gasteiger partial charge in [-0.1, -0.05) is 6.07 Å². The van der Waals surface area contributed by atoms with Crippen molar-refractivity contribution in [1.29, 1.82) is 0 Å². The number of piperazine rings is 1. The van der Waals surface area contributed by atoms with Crippen LogP contribution in [-0.4, -0.2) is 50.7 Å². The zero-order chi connectivity index (χ0) is 19.8. The number of benzene rings is 1. The number of hydrogen-bond donors (Lipinski definition) is 3. The number of nitrogens with one attached hydrogen (secondary N) is 3. The van der Waals surface area contributed by atoms with Gasteiger partial charge in [0.25, 0.3) is 0 Å². The van der Waals surface area contributed by atoms with Crippen molar-refractivity contribution >= 4 is 34.7 Å². The van der Waals surface area contributed by atoms with E-state index in [4.69, 9.17) is 4.98 Å². The summed E-state index contributed by atoms with van der Waals surface area (Å²) in [5.74, 6) is 1.40. The summed E-state index contributed by atoms with van der Waals surface area (Å²) in [6, 6.07) is 6.87. The van der Waals surface area contributed by atoms with E-state index in [0.717, 1.165) is 47.9 Å². The highest BCUT2D eigenvalue weighted by Gasteiger charge is 2.40. The fourth-order valence-corrected chi connectivity index (χ4v) is 4.68. The number of carbonyl (C=O) groups excluding carboxylic acids is 1. The molecular formula is C20H22N8O. The number of carbonyl (C=O) groups is 1. The fraction of sp³-hybridized carbons (Fsp3) is 0.400. The first-order valence-electron chi connectivity index (χ1n) is 9.93. The van der Waals surface area contributed by atoms with Crippen molar-refractivity contribution in [1.82, 2.24) is 24.9 Å². The minimum atomic E-state index is -0.514. The molecule has 9 heteroatoms. The molecule has 0 spiro atoms. The van der Waals surface area contributed by atoms with Gasteiger partial charge in [-0.3, -0.25) is 4.79 Å². The Kier molecular flexibility index (Phi) is 3.27. The van der Waals surface area contributed by atoms with E-state index in [1.165, 1.54) is 0 Å². The molecule has 0 saturated carbocycles. The van der Waals surface area contributed by atoms with Crippen LogP contribution in [0.2, 0.25) is 0 Å². The minimum Gasteiger partial charge on any atom is -0.348 e. The molecule has 0 radical (unpaired) electrons. The molecule has 2 fully saturated rings. The van der Waals surface area contributed by atoms with Crippen LogP contribution in [0.25, 0.3) is 5.65 Å². The molecule has 3 aliphatic heterocycles. The van der Waals surface area contributed by atoms with Crippen molar-refractivity contribution in [2.75, 3.05) is 28.6 Å². The van der Waals surface area contributed by atoms with E-state index < -0.39 is 5.41 Å². The van der Waals surface area contributed by atoms with Gasteiger partial charge in [0, 0.05) is 48.9 Å². The van der Waals surface area contributed by atoms with Crippen LogP contribution in [0.15, 0.2) is 30.6 Å². The van der Waals surface area contributed by atoms with Gasteiger partial charge in [0.1, 0.15) is 0 Å². The fourth-order valence-electron chi connectivity index (χ4n) is 4.68. The average Bonchev–Trinajstić information content (AvgIpc) is 3.45. The first-order valence-corrected chi connectivity index (χ1v) is 9.93. The van der Waals surface area contributed by atoms with Gasteiger partial charge in [-0.05, 0) is 38.0 Å². The number of hydrogen-bond acceptors (Lipinski definition) is 7. The highest BCUT2D eigenvalue weighted by Crippen LogP contribution is 2.39. The van der Waals surface area contributed by atoms with Crippen LogP contribution in [0.4, 0.5) is 23.1 Å². The lowest BCUT2D eigenvalue weighted by molar-refractivity contribution is -0.119. The van der Waals surface area contributed by atoms with E-state index in [-0.39, 0.29) is 5.91 Å². The monoisotopic (exact) mass is 390 g/mol. The smallest absolute Gasteiger partial charge is 0.247 e. The van der Waals surface area contributed by atoms with Crippen molar-refractivity contribution in [2.24, 2.45) is 0 Å². The van der Waals surface area contributed by atoms with Crippen LogP contribution >= 0.6 is 0 Å². The van der Waals surface area contributed by atoms with Crippen molar-refractivity contribution in [3.63, 3.8) is 0 Å². The molecule has 5 heterocycles. The molecule has 2 bridgehead atoms. The van der Waals surface area contributed by atoms with Gasteiger partial charge < -0.3 is 20.9 Å². The van der Waals surface area contributed by atoms with Crippen LogP contribution < -0.4 is 20.9 Å². The van der Waals surface area contributed by atoms with Crippen molar-refractivity contribution in [3.8, 4) is 0 Å². The van der Waals surface area contributed by atoms with Gasteiger partial charge in [-0.15, -0.1) is 5.10 Å². The molecule has 3 N–H and O–H groups in total. The molecule has 3 aromatic rings. The Balaban J connectivity index is 1.32. The molecule has 3 aliphatic rings. The molecule has 29 heavy (non-hydrogen) atoms. The molecule has 2 aromatic heterocycles. The Bertz CT molecular complexity index is 1150. The van der Waals surface area contributed by atoms with E-state index in [9.17, 15) is 4.79 Å². The summed E-state index contributed by atoms with van der Waals surface area (Å²) in [7, 11) is 0. The number of fused-ring (bicyclic) bond motifs is 4. The third-order valence-corrected chi connectivity index (χ3v) is 6.33. The minimum absolute atomic E-state index is 0.0145. The maximum Gasteiger partial charge on any atom is 0.247 e. The van der Waals surface area contributed by atoms with Crippen LogP contribution in [-0.2, 0) is 10.2 Å². The molecular weight excluding hydrogens is 368 g/mol. The standard InChI is InChI=1S/C20H22N8O/c1-20(2)14-4-3-11(8-15(14)24-18(20)29)23-19-25-17-16(21-5-6-28(17)26-19)27-10-12-7-13(27)9-22-12/h3-6,8,12-13,22H,7,9-10H2,1-2H3,(H,23,26)(H,24,29)/t12-,13-/m0/s1. The first kappa shape index (κ1) is 16.7. The summed E-state index contributed by atoms with van der Waals surface area (Å²) in [5.41, 5.74) is 2.89. The molecule has 148 valence electrons. The summed E-state index contributed by atoms with van der Waals surface area (Å²) in [4.78, 5) is 23.8. The van der Waals surface area contributed by atoms with Gasteiger partial charge >= 0.3 is 0 Å². The molecule has 6 rings (SSSR count). The highest BCUT2D eigenvalue weighted by atomic mass is 16.2. The Morgan fingerprint density at radius 1 is 1.31 bits per heavy atom. The molecule has 9 nitrogen and oxygen atoms in total. The predicted octanol–water partition coefficient (Wildman–Crippen LogP) is 1.65. The van der Waals surface area contributed by atoms with E-state index >= 15 is 0 Å². The summed E-state index contributed by atoms with van der Waals surface area (Å²) in [5, 5.41) is 14.3. The largest absolute Gasteiger partial charge is 0.348 e. The maximum absolute atomic E-state index is 12.2. The number of amides is 1. The van der Waals surface area contributed by atoms with Crippen LogP contribution in [0.3, 0.4) is 0 Å². The number of nitrogens with zero attached hydrogens (tertiary/aromatic N) is 5. The maximum atomic E-state index is 12.2. The lowest BCUT2D eigenvalue weighted by Crippen LogP contribution is -2.44. The Morgan fingerprint density at radius 2 is 2.21 bits per heavy atom. The summed E-state index contributed by atoms with van der Waals surface area (Å²) < 4.78 is 1.77. The first-order chi connectivity index (χ1) is 14.0. The zero-order valence-electron chi connectivity index (χ0n) is 16.3. The van der Waals surface area contributed by atoms with Gasteiger partial charge in [0.2, 0.25) is 11.9 Å². The molecule has 1 amide bonds. The van der Waals surface area contributed by atoms with Crippen molar-refractivity contribution in [2.45, 2.75) is 37.8 Å². The van der Waals surface area contributed by atoms with Gasteiger partial charge in [-0.2, -0.15) is 4.98 Å². The Morgan fingerprint density at radius 3 is 3.00 bits per heavy atom. The van der Waals surface area contributed by atoms with Crippen molar-refractivity contribution < 1.29 is 4.79 Å². The molecule has 1 aromatic carbocycles. The lowest BCUT2D eigenvalue weighted by atomic mass is 9.86. The summed E-state index contributed by atoms with van der Waals surface area (Å²) >= 11 is 0. The van der Waals surface area contributed by atoms with Gasteiger partial charge in [0.15, 0.2) is 11.5 Å². The third-order valence-electron chi connectivity index (χ3n) is 6.33. The second-order valence-corrected chi connectivity index (χ2v) is 8.57.